The number of hydrogen-bond donors (Lipinski definition) is 0. The van der Waals surface area contributed by atoms with E-state index in [1.165, 1.54) is 6.92 Å². The van der Waals surface area contributed by atoms with Gasteiger partial charge in [0.15, 0.2) is 5.78 Å². The smallest absolute Gasteiger partial charge is 0.164 e. The number of ketones is 1. The highest BCUT2D eigenvalue weighted by Gasteiger charge is 2.12. The highest BCUT2D eigenvalue weighted by atomic mass is 79.9. The summed E-state index contributed by atoms with van der Waals surface area (Å²) in [7, 11) is 0. The summed E-state index contributed by atoms with van der Waals surface area (Å²) in [5, 5.41) is 0. The quantitative estimate of drug-likeness (QED) is 0.775. The van der Waals surface area contributed by atoms with Crippen LogP contribution in [0.2, 0.25) is 0 Å². The van der Waals surface area contributed by atoms with Gasteiger partial charge < -0.3 is 4.74 Å². The van der Waals surface area contributed by atoms with Crippen LogP contribution in [0.1, 0.15) is 31.1 Å². The second kappa shape index (κ2) is 4.60. The van der Waals surface area contributed by atoms with E-state index in [0.29, 0.717) is 11.3 Å². The molecule has 0 radical (unpaired) electrons. The molecule has 76 valence electrons. The lowest BCUT2D eigenvalue weighted by atomic mass is 10.1. The molecule has 0 bridgehead atoms. The fourth-order valence-corrected chi connectivity index (χ4v) is 1.83. The van der Waals surface area contributed by atoms with Crippen LogP contribution in [0.3, 0.4) is 0 Å². The average Bonchev–Trinajstić information content (AvgIpc) is 2.01. The van der Waals surface area contributed by atoms with E-state index in [-0.39, 0.29) is 11.9 Å². The Kier molecular flexibility index (Phi) is 3.69. The van der Waals surface area contributed by atoms with Gasteiger partial charge in [-0.25, -0.2) is 0 Å². The van der Waals surface area contributed by atoms with Gasteiger partial charge in [0.1, 0.15) is 5.75 Å². The summed E-state index contributed by atoms with van der Waals surface area (Å²) in [6, 6.07) is 5.50. The molecule has 0 saturated carbocycles. The highest BCUT2D eigenvalue weighted by molar-refractivity contribution is 9.10. The summed E-state index contributed by atoms with van der Waals surface area (Å²) >= 11 is 3.34. The largest absolute Gasteiger partial charge is 0.490 e. The van der Waals surface area contributed by atoms with Crippen molar-refractivity contribution in [2.75, 3.05) is 0 Å². The minimum absolute atomic E-state index is 0.00752. The molecule has 0 aliphatic carbocycles. The first-order valence-electron chi connectivity index (χ1n) is 4.48. The van der Waals surface area contributed by atoms with Crippen molar-refractivity contribution in [1.29, 1.82) is 0 Å². The van der Waals surface area contributed by atoms with Crippen molar-refractivity contribution >= 4 is 21.7 Å². The average molecular weight is 257 g/mol. The number of benzene rings is 1. The summed E-state index contributed by atoms with van der Waals surface area (Å²) in [6.07, 6.45) is 0.0717. The molecular formula is C11H13BrO2. The van der Waals surface area contributed by atoms with E-state index >= 15 is 0 Å². The van der Waals surface area contributed by atoms with Gasteiger partial charge >= 0.3 is 0 Å². The maximum atomic E-state index is 11.4. The zero-order valence-corrected chi connectivity index (χ0v) is 10.1. The molecule has 0 aliphatic heterocycles. The molecule has 1 aromatic carbocycles. The molecule has 0 atom stereocenters. The van der Waals surface area contributed by atoms with Crippen LogP contribution in [0, 0.1) is 0 Å². The molecule has 0 unspecified atom stereocenters. The van der Waals surface area contributed by atoms with Crippen LogP contribution >= 0.6 is 15.9 Å². The first kappa shape index (κ1) is 11.2. The van der Waals surface area contributed by atoms with Gasteiger partial charge in [-0.1, -0.05) is 6.07 Å². The number of ether oxygens (including phenoxy) is 1. The highest BCUT2D eigenvalue weighted by Crippen LogP contribution is 2.27. The molecule has 0 saturated heterocycles. The summed E-state index contributed by atoms with van der Waals surface area (Å²) < 4.78 is 6.32. The van der Waals surface area contributed by atoms with E-state index in [1.54, 1.807) is 0 Å². The van der Waals surface area contributed by atoms with Gasteiger partial charge in [-0.2, -0.15) is 0 Å². The summed E-state index contributed by atoms with van der Waals surface area (Å²) in [5.74, 6) is 0.648. The topological polar surface area (TPSA) is 26.3 Å². The van der Waals surface area contributed by atoms with Crippen LogP contribution in [0.5, 0.6) is 5.75 Å². The van der Waals surface area contributed by atoms with E-state index < -0.39 is 0 Å². The molecule has 0 spiro atoms. The molecule has 2 nitrogen and oxygen atoms in total. The molecule has 0 aliphatic rings. The van der Waals surface area contributed by atoms with Crippen molar-refractivity contribution < 1.29 is 9.53 Å². The molecule has 3 heteroatoms. The van der Waals surface area contributed by atoms with Crippen molar-refractivity contribution in [3.8, 4) is 5.75 Å². The summed E-state index contributed by atoms with van der Waals surface area (Å²) in [5.41, 5.74) is 0.612. The second-order valence-corrected chi connectivity index (χ2v) is 4.19. The number of Topliss-reactive ketones (excluding diaryl/α,β-unsaturated/α-hetero) is 1. The number of halogens is 1. The number of rotatable bonds is 3. The second-order valence-electron chi connectivity index (χ2n) is 3.34. The molecule has 14 heavy (non-hydrogen) atoms. The SMILES string of the molecule is CC(=O)c1c(Br)cccc1OC(C)C. The third-order valence-electron chi connectivity index (χ3n) is 1.69. The Balaban J connectivity index is 3.14. The Labute approximate surface area is 92.4 Å². The number of carbonyl (C=O) groups is 1. The lowest BCUT2D eigenvalue weighted by Crippen LogP contribution is -2.09. The van der Waals surface area contributed by atoms with Crippen LogP contribution in [0.25, 0.3) is 0 Å². The first-order valence-corrected chi connectivity index (χ1v) is 5.27. The van der Waals surface area contributed by atoms with Gasteiger partial charge in [0.25, 0.3) is 0 Å². The van der Waals surface area contributed by atoms with Crippen molar-refractivity contribution in [3.05, 3.63) is 28.2 Å². The Morgan fingerprint density at radius 2 is 2.07 bits per heavy atom. The molecule has 0 fully saturated rings. The number of carbonyl (C=O) groups excluding carboxylic acids is 1. The Hall–Kier alpha value is -0.830. The van der Waals surface area contributed by atoms with E-state index in [2.05, 4.69) is 15.9 Å². The Bertz CT molecular complexity index is 345. The van der Waals surface area contributed by atoms with Crippen LogP contribution < -0.4 is 4.74 Å². The van der Waals surface area contributed by atoms with Crippen molar-refractivity contribution in [1.82, 2.24) is 0 Å². The monoisotopic (exact) mass is 256 g/mol. The lowest BCUT2D eigenvalue weighted by Gasteiger charge is -2.13. The summed E-state index contributed by atoms with van der Waals surface area (Å²) in [6.45, 7) is 5.41. The third-order valence-corrected chi connectivity index (χ3v) is 2.35. The molecule has 1 aromatic rings. The molecule has 0 N–H and O–H groups in total. The standard InChI is InChI=1S/C11H13BrO2/c1-7(2)14-10-6-4-5-9(12)11(10)8(3)13/h4-7H,1-3H3. The molecule has 0 aromatic heterocycles. The predicted octanol–water partition coefficient (Wildman–Crippen LogP) is 3.44. The normalized spacial score (nSPS) is 10.4. The van der Waals surface area contributed by atoms with Crippen LogP contribution in [-0.4, -0.2) is 11.9 Å². The summed E-state index contributed by atoms with van der Waals surface area (Å²) in [4.78, 5) is 11.4. The van der Waals surface area contributed by atoms with Gasteiger partial charge in [-0.05, 0) is 48.8 Å². The van der Waals surface area contributed by atoms with Crippen LogP contribution in [-0.2, 0) is 0 Å². The van der Waals surface area contributed by atoms with Crippen molar-refractivity contribution in [2.24, 2.45) is 0 Å². The fraction of sp³-hybridized carbons (Fsp3) is 0.364. The van der Waals surface area contributed by atoms with E-state index in [0.717, 1.165) is 4.47 Å². The van der Waals surface area contributed by atoms with Gasteiger partial charge in [-0.3, -0.25) is 4.79 Å². The van der Waals surface area contributed by atoms with Crippen LogP contribution in [0.4, 0.5) is 0 Å². The van der Waals surface area contributed by atoms with Gasteiger partial charge in [0.05, 0.1) is 11.7 Å². The van der Waals surface area contributed by atoms with Crippen molar-refractivity contribution in [2.45, 2.75) is 26.9 Å². The zero-order valence-electron chi connectivity index (χ0n) is 8.50. The number of hydrogen-bond acceptors (Lipinski definition) is 2. The molecule has 1 rings (SSSR count). The minimum Gasteiger partial charge on any atom is -0.490 e. The van der Waals surface area contributed by atoms with Gasteiger partial charge in [0.2, 0.25) is 0 Å². The van der Waals surface area contributed by atoms with E-state index in [1.807, 2.05) is 32.0 Å². The molecule has 0 amide bonds. The van der Waals surface area contributed by atoms with Gasteiger partial charge in [-0.15, -0.1) is 0 Å². The molecule has 0 heterocycles. The van der Waals surface area contributed by atoms with E-state index in [9.17, 15) is 4.79 Å². The zero-order chi connectivity index (χ0) is 10.7. The maximum Gasteiger partial charge on any atom is 0.164 e. The van der Waals surface area contributed by atoms with Crippen molar-refractivity contribution in [3.63, 3.8) is 0 Å². The Morgan fingerprint density at radius 1 is 1.43 bits per heavy atom. The van der Waals surface area contributed by atoms with Gasteiger partial charge in [0, 0.05) is 4.47 Å². The predicted molar refractivity (Wildman–Crippen MR) is 59.9 cm³/mol. The third kappa shape index (κ3) is 2.58. The van der Waals surface area contributed by atoms with E-state index in [4.69, 9.17) is 4.74 Å². The fourth-order valence-electron chi connectivity index (χ4n) is 1.20. The lowest BCUT2D eigenvalue weighted by molar-refractivity contribution is 0.101. The minimum atomic E-state index is 0.00752. The Morgan fingerprint density at radius 3 is 2.57 bits per heavy atom. The maximum absolute atomic E-state index is 11.4. The molecular weight excluding hydrogens is 244 g/mol. The first-order chi connectivity index (χ1) is 6.52. The van der Waals surface area contributed by atoms with Crippen LogP contribution in [0.15, 0.2) is 22.7 Å².